The van der Waals surface area contributed by atoms with Crippen LogP contribution in [-0.2, 0) is 11.3 Å². The molecule has 3 aromatic heterocycles. The van der Waals surface area contributed by atoms with Crippen molar-refractivity contribution in [1.29, 1.82) is 0 Å². The first-order valence-corrected chi connectivity index (χ1v) is 13.1. The molecule has 4 heterocycles. The first-order chi connectivity index (χ1) is 17.6. The first kappa shape index (κ1) is 23.8. The molecule has 1 atom stereocenters. The third kappa shape index (κ3) is 5.19. The first-order valence-electron chi connectivity index (χ1n) is 11.4. The number of aromatic nitrogens is 2. The summed E-state index contributed by atoms with van der Waals surface area (Å²) in [6.07, 6.45) is 1.55. The van der Waals surface area contributed by atoms with E-state index < -0.39 is 6.10 Å². The van der Waals surface area contributed by atoms with Crippen LogP contribution in [-0.4, -0.2) is 34.1 Å². The normalized spacial score (nSPS) is 14.2. The molecule has 1 aliphatic heterocycles. The standard InChI is InChI=1S/C26H22N4O4S2/c31-22(28-15-17-7-3-4-12-27-17)11-5-13-30(25(33)21-10-6-14-35-21)26-29-19(16-36-26)24-23(32)18-8-1-2-9-20(18)34-24/h1-4,6-10,12,14,16,24H,5,11,13,15H2,(H,28,31). The van der Waals surface area contributed by atoms with Crippen molar-refractivity contribution in [3.63, 3.8) is 0 Å². The molecule has 0 bridgehead atoms. The molecule has 36 heavy (non-hydrogen) atoms. The molecule has 0 radical (unpaired) electrons. The highest BCUT2D eigenvalue weighted by Gasteiger charge is 2.35. The molecule has 0 fully saturated rings. The molecule has 1 aliphatic rings. The van der Waals surface area contributed by atoms with Crippen molar-refractivity contribution in [2.24, 2.45) is 0 Å². The maximum absolute atomic E-state index is 13.3. The van der Waals surface area contributed by atoms with Crippen molar-refractivity contribution >= 4 is 45.4 Å². The number of ketones is 1. The van der Waals surface area contributed by atoms with Gasteiger partial charge in [-0.1, -0.05) is 24.3 Å². The molecule has 1 aromatic carbocycles. The molecule has 2 amide bonds. The van der Waals surface area contributed by atoms with Gasteiger partial charge in [0.15, 0.2) is 5.13 Å². The van der Waals surface area contributed by atoms with E-state index in [1.807, 2.05) is 35.7 Å². The molecule has 182 valence electrons. The smallest absolute Gasteiger partial charge is 0.270 e. The second kappa shape index (κ2) is 10.8. The van der Waals surface area contributed by atoms with Gasteiger partial charge in [0, 0.05) is 24.5 Å². The van der Waals surface area contributed by atoms with E-state index in [4.69, 9.17) is 4.74 Å². The minimum atomic E-state index is -0.830. The number of rotatable bonds is 9. The Morgan fingerprint density at radius 2 is 1.92 bits per heavy atom. The van der Waals surface area contributed by atoms with Crippen molar-refractivity contribution in [2.75, 3.05) is 11.4 Å². The van der Waals surface area contributed by atoms with Crippen LogP contribution < -0.4 is 15.0 Å². The lowest BCUT2D eigenvalue weighted by Gasteiger charge is -2.19. The van der Waals surface area contributed by atoms with Gasteiger partial charge in [0.2, 0.25) is 17.8 Å². The van der Waals surface area contributed by atoms with Crippen molar-refractivity contribution in [3.8, 4) is 5.75 Å². The number of anilines is 1. The maximum atomic E-state index is 13.3. The van der Waals surface area contributed by atoms with Gasteiger partial charge in [-0.25, -0.2) is 4.98 Å². The van der Waals surface area contributed by atoms with Crippen LogP contribution in [0, 0.1) is 0 Å². The van der Waals surface area contributed by atoms with E-state index in [9.17, 15) is 14.4 Å². The van der Waals surface area contributed by atoms with Gasteiger partial charge in [0.1, 0.15) is 11.4 Å². The van der Waals surface area contributed by atoms with Crippen LogP contribution in [0.25, 0.3) is 0 Å². The molecular weight excluding hydrogens is 496 g/mol. The zero-order chi connectivity index (χ0) is 24.9. The average molecular weight is 519 g/mol. The predicted molar refractivity (Wildman–Crippen MR) is 138 cm³/mol. The quantitative estimate of drug-likeness (QED) is 0.346. The number of fused-ring (bicyclic) bond motifs is 1. The molecule has 0 spiro atoms. The number of nitrogens with one attached hydrogen (secondary N) is 1. The Balaban J connectivity index is 1.26. The fraction of sp³-hybridized carbons (Fsp3) is 0.192. The van der Waals surface area contributed by atoms with Crippen molar-refractivity contribution < 1.29 is 19.1 Å². The Hall–Kier alpha value is -3.89. The maximum Gasteiger partial charge on any atom is 0.270 e. The number of para-hydroxylation sites is 1. The van der Waals surface area contributed by atoms with E-state index >= 15 is 0 Å². The summed E-state index contributed by atoms with van der Waals surface area (Å²) in [5.41, 5.74) is 1.77. The summed E-state index contributed by atoms with van der Waals surface area (Å²) in [5, 5.41) is 6.90. The van der Waals surface area contributed by atoms with E-state index in [0.717, 1.165) is 5.69 Å². The molecule has 0 saturated heterocycles. The fourth-order valence-electron chi connectivity index (χ4n) is 3.81. The summed E-state index contributed by atoms with van der Waals surface area (Å²) in [6.45, 7) is 0.658. The van der Waals surface area contributed by atoms with Crippen molar-refractivity contribution in [2.45, 2.75) is 25.5 Å². The fourth-order valence-corrected chi connectivity index (χ4v) is 5.34. The number of ether oxygens (including phenoxy) is 1. The van der Waals surface area contributed by atoms with E-state index in [-0.39, 0.29) is 24.0 Å². The second-order valence-corrected chi connectivity index (χ2v) is 9.83. The highest BCUT2D eigenvalue weighted by molar-refractivity contribution is 7.14. The molecule has 1 unspecified atom stereocenters. The van der Waals surface area contributed by atoms with Gasteiger partial charge in [-0.2, -0.15) is 0 Å². The minimum absolute atomic E-state index is 0.119. The van der Waals surface area contributed by atoms with Crippen molar-refractivity contribution in [3.05, 3.63) is 93.4 Å². The van der Waals surface area contributed by atoms with Gasteiger partial charge in [0.25, 0.3) is 5.91 Å². The van der Waals surface area contributed by atoms with Gasteiger partial charge >= 0.3 is 0 Å². The number of carbonyl (C=O) groups excluding carboxylic acids is 3. The number of thiophene rings is 1. The Kier molecular flexibility index (Phi) is 7.15. The SMILES string of the molecule is O=C(CCCN(C(=O)c1cccs1)c1nc(C2Oc3ccccc3C2=O)cs1)NCc1ccccn1. The number of nitrogens with zero attached hydrogens (tertiary/aromatic N) is 3. The van der Waals surface area contributed by atoms with Crippen LogP contribution in [0.4, 0.5) is 5.13 Å². The molecule has 1 N–H and O–H groups in total. The molecule has 0 saturated carbocycles. The van der Waals surface area contributed by atoms with Gasteiger partial charge in [-0.15, -0.1) is 22.7 Å². The number of hydrogen-bond donors (Lipinski definition) is 1. The van der Waals surface area contributed by atoms with Crippen LogP contribution in [0.3, 0.4) is 0 Å². The largest absolute Gasteiger partial charge is 0.475 e. The number of benzene rings is 1. The third-order valence-electron chi connectivity index (χ3n) is 5.60. The lowest BCUT2D eigenvalue weighted by molar-refractivity contribution is -0.121. The minimum Gasteiger partial charge on any atom is -0.475 e. The van der Waals surface area contributed by atoms with E-state index in [2.05, 4.69) is 15.3 Å². The van der Waals surface area contributed by atoms with Crippen LogP contribution in [0.5, 0.6) is 5.75 Å². The Bertz CT molecular complexity index is 1370. The molecule has 8 nitrogen and oxygen atoms in total. The number of Topliss-reactive ketones (excluding diaryl/α,β-unsaturated/α-hetero) is 1. The average Bonchev–Trinajstić information content (AvgIpc) is 3.67. The van der Waals surface area contributed by atoms with Gasteiger partial charge in [-0.05, 0) is 42.1 Å². The lowest BCUT2D eigenvalue weighted by atomic mass is 10.1. The van der Waals surface area contributed by atoms with Crippen LogP contribution >= 0.6 is 22.7 Å². The van der Waals surface area contributed by atoms with E-state index in [1.165, 1.54) is 22.7 Å². The monoisotopic (exact) mass is 518 g/mol. The Morgan fingerprint density at radius 3 is 2.69 bits per heavy atom. The second-order valence-electron chi connectivity index (χ2n) is 8.05. The van der Waals surface area contributed by atoms with Crippen LogP contribution in [0.1, 0.15) is 50.4 Å². The number of pyridine rings is 1. The summed E-state index contributed by atoms with van der Waals surface area (Å²) in [4.78, 5) is 49.4. The summed E-state index contributed by atoms with van der Waals surface area (Å²) in [6, 6.07) is 16.2. The van der Waals surface area contributed by atoms with Gasteiger partial charge < -0.3 is 10.1 Å². The highest BCUT2D eigenvalue weighted by atomic mass is 32.1. The molecule has 10 heteroatoms. The number of carbonyl (C=O) groups is 3. The number of amides is 2. The van der Waals surface area contributed by atoms with Crippen LogP contribution in [0.15, 0.2) is 71.6 Å². The predicted octanol–water partition coefficient (Wildman–Crippen LogP) is 4.66. The molecule has 5 rings (SSSR count). The molecular formula is C26H22N4O4S2. The summed E-state index contributed by atoms with van der Waals surface area (Å²) in [7, 11) is 0. The molecule has 0 aliphatic carbocycles. The summed E-state index contributed by atoms with van der Waals surface area (Å²) < 4.78 is 5.84. The highest BCUT2D eigenvalue weighted by Crippen LogP contribution is 2.38. The molecule has 4 aromatic rings. The van der Waals surface area contributed by atoms with Gasteiger partial charge in [-0.3, -0.25) is 24.3 Å². The zero-order valence-corrected chi connectivity index (χ0v) is 20.8. The van der Waals surface area contributed by atoms with Crippen molar-refractivity contribution in [1.82, 2.24) is 15.3 Å². The number of hydrogen-bond acceptors (Lipinski definition) is 8. The summed E-state index contributed by atoms with van der Waals surface area (Å²) >= 11 is 2.62. The Morgan fingerprint density at radius 1 is 1.06 bits per heavy atom. The number of thiazole rings is 1. The van der Waals surface area contributed by atoms with E-state index in [0.29, 0.717) is 46.5 Å². The Labute approximate surface area is 215 Å². The van der Waals surface area contributed by atoms with E-state index in [1.54, 1.807) is 40.7 Å². The van der Waals surface area contributed by atoms with Crippen LogP contribution in [0.2, 0.25) is 0 Å². The summed E-state index contributed by atoms with van der Waals surface area (Å²) in [5.74, 6) is 0.0712. The topological polar surface area (TPSA) is 101 Å². The zero-order valence-electron chi connectivity index (χ0n) is 19.1. The van der Waals surface area contributed by atoms with Gasteiger partial charge in [0.05, 0.1) is 22.7 Å². The lowest BCUT2D eigenvalue weighted by Crippen LogP contribution is -2.32. The third-order valence-corrected chi connectivity index (χ3v) is 7.34.